The summed E-state index contributed by atoms with van der Waals surface area (Å²) in [5.74, 6) is -1.67. The van der Waals surface area contributed by atoms with Crippen molar-refractivity contribution in [3.63, 3.8) is 0 Å². The Balaban J connectivity index is 2.95. The van der Waals surface area contributed by atoms with Crippen molar-refractivity contribution in [3.8, 4) is 0 Å². The summed E-state index contributed by atoms with van der Waals surface area (Å²) in [7, 11) is 2.64. The van der Waals surface area contributed by atoms with Gasteiger partial charge in [-0.05, 0) is 6.92 Å². The molecule has 0 saturated carbocycles. The highest BCUT2D eigenvalue weighted by molar-refractivity contribution is 5.82. The monoisotopic (exact) mass is 269 g/mol. The molecule has 1 aromatic heterocycles. The average molecular weight is 269 g/mol. The van der Waals surface area contributed by atoms with E-state index >= 15 is 0 Å². The highest BCUT2D eigenvalue weighted by Crippen LogP contribution is 1.97. The summed E-state index contributed by atoms with van der Waals surface area (Å²) >= 11 is 0. The van der Waals surface area contributed by atoms with Crippen LogP contribution < -0.4 is 11.2 Å². The van der Waals surface area contributed by atoms with Gasteiger partial charge in [0.05, 0.1) is 0 Å². The third-order valence-corrected chi connectivity index (χ3v) is 2.90. The van der Waals surface area contributed by atoms with Crippen LogP contribution in [0.25, 0.3) is 0 Å². The topological polar surface area (TPSA) is 102 Å². The molecule has 8 nitrogen and oxygen atoms in total. The van der Waals surface area contributed by atoms with Crippen LogP contribution in [0.2, 0.25) is 0 Å². The van der Waals surface area contributed by atoms with Gasteiger partial charge in [0.2, 0.25) is 5.91 Å². The molecule has 0 bridgehead atoms. The van der Waals surface area contributed by atoms with E-state index in [0.717, 1.165) is 20.1 Å². The number of carbonyl (C=O) groups is 2. The van der Waals surface area contributed by atoms with Crippen molar-refractivity contribution < 1.29 is 14.7 Å². The molecule has 0 radical (unpaired) electrons. The Hall–Kier alpha value is -2.38. The quantitative estimate of drug-likeness (QED) is 0.715. The summed E-state index contributed by atoms with van der Waals surface area (Å²) in [6.07, 6.45) is 1.21. The Labute approximate surface area is 108 Å². The zero-order valence-corrected chi connectivity index (χ0v) is 10.9. The first-order valence-electron chi connectivity index (χ1n) is 5.50. The van der Waals surface area contributed by atoms with Crippen LogP contribution in [0.1, 0.15) is 6.92 Å². The first-order chi connectivity index (χ1) is 8.75. The lowest BCUT2D eigenvalue weighted by Gasteiger charge is -2.21. The number of nitrogens with zero attached hydrogens (tertiary/aromatic N) is 3. The molecule has 1 rings (SSSR count). The van der Waals surface area contributed by atoms with Gasteiger partial charge in [0.1, 0.15) is 12.6 Å². The fraction of sp³-hybridized carbons (Fsp3) is 0.455. The van der Waals surface area contributed by atoms with Crippen molar-refractivity contribution in [2.24, 2.45) is 7.05 Å². The Morgan fingerprint density at radius 3 is 2.53 bits per heavy atom. The van der Waals surface area contributed by atoms with Gasteiger partial charge in [-0.1, -0.05) is 0 Å². The molecule has 0 aliphatic rings. The molecule has 8 heteroatoms. The number of hydrogen-bond acceptors (Lipinski definition) is 4. The summed E-state index contributed by atoms with van der Waals surface area (Å²) in [4.78, 5) is 46.5. The fourth-order valence-electron chi connectivity index (χ4n) is 1.38. The zero-order chi connectivity index (χ0) is 14.7. The van der Waals surface area contributed by atoms with E-state index in [2.05, 4.69) is 0 Å². The first-order valence-corrected chi connectivity index (χ1v) is 5.50. The third-order valence-electron chi connectivity index (χ3n) is 2.90. The van der Waals surface area contributed by atoms with Gasteiger partial charge < -0.3 is 10.0 Å². The maximum absolute atomic E-state index is 11.8. The van der Waals surface area contributed by atoms with E-state index in [9.17, 15) is 19.2 Å². The van der Waals surface area contributed by atoms with Crippen LogP contribution in [-0.2, 0) is 23.2 Å². The molecule has 0 aliphatic heterocycles. The highest BCUT2D eigenvalue weighted by Gasteiger charge is 2.22. The molecule has 0 aromatic carbocycles. The van der Waals surface area contributed by atoms with Gasteiger partial charge in [-0.2, -0.15) is 0 Å². The standard InChI is InChI=1S/C11H15N3O5/c1-7(10(17)18)12(2)9(16)6-14-5-4-8(15)13(3)11(14)19/h4-5,7H,6H2,1-3H3,(H,17,18). The maximum Gasteiger partial charge on any atom is 0.331 e. The van der Waals surface area contributed by atoms with Crippen molar-refractivity contribution >= 4 is 11.9 Å². The molecule has 0 aliphatic carbocycles. The number of hydrogen-bond donors (Lipinski definition) is 1. The number of carbonyl (C=O) groups excluding carboxylic acids is 1. The van der Waals surface area contributed by atoms with Crippen molar-refractivity contribution in [1.29, 1.82) is 0 Å². The van der Waals surface area contributed by atoms with Crippen LogP contribution >= 0.6 is 0 Å². The molecule has 1 unspecified atom stereocenters. The van der Waals surface area contributed by atoms with Gasteiger partial charge in [-0.15, -0.1) is 0 Å². The Kier molecular flexibility index (Phi) is 4.26. The minimum Gasteiger partial charge on any atom is -0.480 e. The number of amides is 1. The van der Waals surface area contributed by atoms with Gasteiger partial charge in [0, 0.05) is 26.4 Å². The lowest BCUT2D eigenvalue weighted by Crippen LogP contribution is -2.44. The second kappa shape index (κ2) is 5.51. The smallest absolute Gasteiger partial charge is 0.331 e. The molecule has 1 heterocycles. The molecule has 1 atom stereocenters. The zero-order valence-electron chi connectivity index (χ0n) is 10.9. The summed E-state index contributed by atoms with van der Waals surface area (Å²) in [5, 5.41) is 8.79. The van der Waals surface area contributed by atoms with Gasteiger partial charge in [-0.25, -0.2) is 9.59 Å². The van der Waals surface area contributed by atoms with Crippen LogP contribution in [0.4, 0.5) is 0 Å². The Bertz CT molecular complexity index is 615. The van der Waals surface area contributed by atoms with Crippen LogP contribution in [0.15, 0.2) is 21.9 Å². The van der Waals surface area contributed by atoms with Gasteiger partial charge in [0.15, 0.2) is 0 Å². The predicted molar refractivity (Wildman–Crippen MR) is 65.8 cm³/mol. The van der Waals surface area contributed by atoms with Crippen LogP contribution in [0.3, 0.4) is 0 Å². The summed E-state index contributed by atoms with van der Waals surface area (Å²) in [6, 6.07) is 0.172. The van der Waals surface area contributed by atoms with Crippen molar-refractivity contribution in [1.82, 2.24) is 14.0 Å². The fourth-order valence-corrected chi connectivity index (χ4v) is 1.38. The molecule has 0 fully saturated rings. The Morgan fingerprint density at radius 2 is 2.00 bits per heavy atom. The van der Waals surface area contributed by atoms with E-state index in [1.807, 2.05) is 0 Å². The molecule has 19 heavy (non-hydrogen) atoms. The number of likely N-dealkylation sites (N-methyl/N-ethyl adjacent to an activating group) is 1. The molecule has 104 valence electrons. The molecule has 1 N–H and O–H groups in total. The maximum atomic E-state index is 11.8. The predicted octanol–water partition coefficient (Wildman–Crippen LogP) is -1.52. The lowest BCUT2D eigenvalue weighted by atomic mass is 10.3. The van der Waals surface area contributed by atoms with E-state index in [4.69, 9.17) is 5.11 Å². The SMILES string of the molecule is CC(C(=O)O)N(C)C(=O)Cn1ccc(=O)n(C)c1=O. The van der Waals surface area contributed by atoms with E-state index in [1.165, 1.54) is 27.2 Å². The second-order valence-electron chi connectivity index (χ2n) is 4.14. The molecular weight excluding hydrogens is 254 g/mol. The van der Waals surface area contributed by atoms with E-state index in [1.54, 1.807) is 0 Å². The van der Waals surface area contributed by atoms with Crippen molar-refractivity contribution in [2.75, 3.05) is 7.05 Å². The minimum atomic E-state index is -1.14. The van der Waals surface area contributed by atoms with E-state index in [0.29, 0.717) is 0 Å². The lowest BCUT2D eigenvalue weighted by molar-refractivity contribution is -0.148. The number of aromatic nitrogens is 2. The number of aliphatic carboxylic acids is 1. The Morgan fingerprint density at radius 1 is 1.42 bits per heavy atom. The van der Waals surface area contributed by atoms with Crippen molar-refractivity contribution in [3.05, 3.63) is 33.1 Å². The first kappa shape index (κ1) is 14.7. The highest BCUT2D eigenvalue weighted by atomic mass is 16.4. The van der Waals surface area contributed by atoms with Gasteiger partial charge in [-0.3, -0.25) is 18.7 Å². The second-order valence-corrected chi connectivity index (χ2v) is 4.14. The largest absolute Gasteiger partial charge is 0.480 e. The molecule has 1 aromatic rings. The van der Waals surface area contributed by atoms with E-state index < -0.39 is 29.2 Å². The summed E-state index contributed by atoms with van der Waals surface area (Å²) in [6.45, 7) is 1.05. The third kappa shape index (κ3) is 3.09. The van der Waals surface area contributed by atoms with Gasteiger partial charge in [0.25, 0.3) is 5.56 Å². The average Bonchev–Trinajstić information content (AvgIpc) is 2.37. The normalized spacial score (nSPS) is 11.9. The molecule has 0 spiro atoms. The number of rotatable bonds is 4. The number of carboxylic acid groups (broad SMARTS) is 1. The molecular formula is C11H15N3O5. The van der Waals surface area contributed by atoms with Crippen LogP contribution in [0.5, 0.6) is 0 Å². The van der Waals surface area contributed by atoms with Crippen LogP contribution in [0, 0.1) is 0 Å². The summed E-state index contributed by atoms with van der Waals surface area (Å²) in [5.41, 5.74) is -1.10. The minimum absolute atomic E-state index is 0.318. The number of carboxylic acids is 1. The van der Waals surface area contributed by atoms with E-state index in [-0.39, 0.29) is 6.54 Å². The molecule has 0 saturated heterocycles. The van der Waals surface area contributed by atoms with Gasteiger partial charge >= 0.3 is 11.7 Å². The van der Waals surface area contributed by atoms with Crippen molar-refractivity contribution in [2.45, 2.75) is 19.5 Å². The summed E-state index contributed by atoms with van der Waals surface area (Å²) < 4.78 is 1.92. The van der Waals surface area contributed by atoms with Crippen LogP contribution in [-0.4, -0.2) is 44.1 Å². The molecule has 1 amide bonds.